The molecule has 1 aromatic heterocycles. The second-order valence-corrected chi connectivity index (χ2v) is 11.2. The maximum absolute atomic E-state index is 13.7. The fourth-order valence-corrected chi connectivity index (χ4v) is 5.92. The molecule has 35 heavy (non-hydrogen) atoms. The van der Waals surface area contributed by atoms with Crippen LogP contribution in [-0.4, -0.2) is 19.9 Å². The summed E-state index contributed by atoms with van der Waals surface area (Å²) in [6, 6.07) is 20.5. The van der Waals surface area contributed by atoms with Gasteiger partial charge in [-0.1, -0.05) is 75.3 Å². The molecule has 0 fully saturated rings. The van der Waals surface area contributed by atoms with Crippen LogP contribution in [0, 0.1) is 6.92 Å². The highest BCUT2D eigenvalue weighted by molar-refractivity contribution is 7.92. The number of sulfonamides is 1. The molecule has 5 nitrogen and oxygen atoms in total. The molecule has 1 heterocycles. The van der Waals surface area contributed by atoms with Crippen LogP contribution in [0.5, 0.6) is 0 Å². The van der Waals surface area contributed by atoms with Gasteiger partial charge in [0.25, 0.3) is 10.0 Å². The van der Waals surface area contributed by atoms with Gasteiger partial charge in [0, 0.05) is 23.0 Å². The number of nitrogen functional groups attached to an aromatic ring is 1. The van der Waals surface area contributed by atoms with Gasteiger partial charge >= 0.3 is 0 Å². The Hall–Kier alpha value is -3.12. The molecule has 0 bridgehead atoms. The van der Waals surface area contributed by atoms with E-state index in [-0.39, 0.29) is 0 Å². The fourth-order valence-electron chi connectivity index (χ4n) is 4.42. The first-order valence-corrected chi connectivity index (χ1v) is 14.0. The van der Waals surface area contributed by atoms with E-state index in [0.29, 0.717) is 22.8 Å². The second-order valence-electron chi connectivity index (χ2n) is 9.33. The van der Waals surface area contributed by atoms with Crippen LogP contribution < -0.4 is 10.0 Å². The summed E-state index contributed by atoms with van der Waals surface area (Å²) in [5, 5.41) is 1.97. The topological polar surface area (TPSA) is 76.3 Å². The molecule has 0 saturated carbocycles. The lowest BCUT2D eigenvalue weighted by Gasteiger charge is -2.25. The highest BCUT2D eigenvalue weighted by atomic mass is 32.2. The summed E-state index contributed by atoms with van der Waals surface area (Å²) in [4.78, 5) is 5.10. The molecular weight excluding hydrogens is 454 g/mol. The standard InChI is InChI=1S/C29H35N3O2S/c1-3-4-5-6-7-8-9-18-32(35(33,34)27-16-10-22(2)11-17-27)26-15-13-24-19-23-12-14-25(30)20-28(23)31-29(24)21-26/h10-17,19-21H,3-9,18,30H2,1-2H3. The molecule has 3 aromatic carbocycles. The third-order valence-corrected chi connectivity index (χ3v) is 8.32. The number of nitrogens with two attached hydrogens (primary N) is 1. The third kappa shape index (κ3) is 5.93. The smallest absolute Gasteiger partial charge is 0.264 e. The average molecular weight is 490 g/mol. The number of anilines is 2. The van der Waals surface area contributed by atoms with Gasteiger partial charge in [-0.25, -0.2) is 13.4 Å². The normalized spacial score (nSPS) is 11.8. The lowest BCUT2D eigenvalue weighted by molar-refractivity contribution is 0.576. The molecule has 6 heteroatoms. The molecule has 0 atom stereocenters. The Bertz CT molecular complexity index is 1400. The van der Waals surface area contributed by atoms with Gasteiger partial charge in [0.15, 0.2) is 0 Å². The predicted molar refractivity (Wildman–Crippen MR) is 147 cm³/mol. The first-order chi connectivity index (χ1) is 16.9. The average Bonchev–Trinajstić information content (AvgIpc) is 2.84. The summed E-state index contributed by atoms with van der Waals surface area (Å²) in [5.74, 6) is 0. The molecule has 2 N–H and O–H groups in total. The molecule has 0 saturated heterocycles. The van der Waals surface area contributed by atoms with Crippen LogP contribution in [0.15, 0.2) is 71.6 Å². The Morgan fingerprint density at radius 1 is 0.771 bits per heavy atom. The minimum absolute atomic E-state index is 0.311. The van der Waals surface area contributed by atoms with Crippen molar-refractivity contribution in [2.75, 3.05) is 16.6 Å². The van der Waals surface area contributed by atoms with Crippen molar-refractivity contribution in [2.45, 2.75) is 63.7 Å². The first-order valence-electron chi connectivity index (χ1n) is 12.6. The largest absolute Gasteiger partial charge is 0.399 e. The molecule has 0 aliphatic rings. The molecular formula is C29H35N3O2S. The van der Waals surface area contributed by atoms with Crippen molar-refractivity contribution < 1.29 is 8.42 Å². The SMILES string of the molecule is CCCCCCCCCN(c1ccc2cc3ccc(N)cc3nc2c1)S(=O)(=O)c1ccc(C)cc1. The number of rotatable bonds is 11. The van der Waals surface area contributed by atoms with E-state index in [9.17, 15) is 8.42 Å². The van der Waals surface area contributed by atoms with Crippen molar-refractivity contribution in [1.82, 2.24) is 4.98 Å². The Kier molecular flexibility index (Phi) is 7.91. The van der Waals surface area contributed by atoms with Gasteiger partial charge in [-0.2, -0.15) is 0 Å². The monoisotopic (exact) mass is 489 g/mol. The van der Waals surface area contributed by atoms with E-state index < -0.39 is 10.0 Å². The van der Waals surface area contributed by atoms with Crippen molar-refractivity contribution in [2.24, 2.45) is 0 Å². The number of unbranched alkanes of at least 4 members (excludes halogenated alkanes) is 6. The van der Waals surface area contributed by atoms with Crippen molar-refractivity contribution in [1.29, 1.82) is 0 Å². The Balaban J connectivity index is 1.66. The van der Waals surface area contributed by atoms with Gasteiger partial charge in [-0.3, -0.25) is 4.31 Å². The van der Waals surface area contributed by atoms with Crippen molar-refractivity contribution >= 4 is 43.2 Å². The lowest BCUT2D eigenvalue weighted by atomic mass is 10.1. The molecule has 0 spiro atoms. The van der Waals surface area contributed by atoms with Crippen molar-refractivity contribution in [3.63, 3.8) is 0 Å². The highest BCUT2D eigenvalue weighted by Crippen LogP contribution is 2.29. The summed E-state index contributed by atoms with van der Waals surface area (Å²) in [5.41, 5.74) is 9.84. The minimum Gasteiger partial charge on any atom is -0.399 e. The van der Waals surface area contributed by atoms with Gasteiger partial charge in [0.05, 0.1) is 21.6 Å². The van der Waals surface area contributed by atoms with Gasteiger partial charge in [0.2, 0.25) is 0 Å². The fraction of sp³-hybridized carbons (Fsp3) is 0.345. The summed E-state index contributed by atoms with van der Waals surface area (Å²) in [6.45, 7) is 4.61. The molecule has 0 unspecified atom stereocenters. The first kappa shape index (κ1) is 25.0. The minimum atomic E-state index is -3.70. The molecule has 4 rings (SSSR count). The van der Waals surface area contributed by atoms with E-state index in [1.807, 2.05) is 55.5 Å². The van der Waals surface area contributed by atoms with E-state index in [1.54, 1.807) is 16.4 Å². The van der Waals surface area contributed by atoms with Crippen LogP contribution in [0.4, 0.5) is 11.4 Å². The van der Waals surface area contributed by atoms with E-state index in [4.69, 9.17) is 10.7 Å². The van der Waals surface area contributed by atoms with Crippen molar-refractivity contribution in [3.05, 3.63) is 72.3 Å². The van der Waals surface area contributed by atoms with Gasteiger partial charge in [-0.05, 0) is 55.8 Å². The highest BCUT2D eigenvalue weighted by Gasteiger charge is 2.25. The predicted octanol–water partition coefficient (Wildman–Crippen LogP) is 7.22. The number of fused-ring (bicyclic) bond motifs is 2. The Morgan fingerprint density at radius 3 is 2.11 bits per heavy atom. The van der Waals surface area contributed by atoms with Crippen LogP contribution in [0.1, 0.15) is 57.4 Å². The molecule has 0 aliphatic heterocycles. The zero-order valence-electron chi connectivity index (χ0n) is 20.7. The molecule has 0 aliphatic carbocycles. The summed E-state index contributed by atoms with van der Waals surface area (Å²) in [6.07, 6.45) is 7.89. The quantitative estimate of drug-likeness (QED) is 0.137. The van der Waals surface area contributed by atoms with Crippen LogP contribution in [0.2, 0.25) is 0 Å². The van der Waals surface area contributed by atoms with Crippen LogP contribution in [-0.2, 0) is 10.0 Å². The van der Waals surface area contributed by atoms with Crippen LogP contribution >= 0.6 is 0 Å². The van der Waals surface area contributed by atoms with E-state index in [1.165, 1.54) is 25.7 Å². The number of aryl methyl sites for hydroxylation is 1. The maximum atomic E-state index is 13.7. The number of hydrogen-bond donors (Lipinski definition) is 1. The second kappa shape index (κ2) is 11.1. The maximum Gasteiger partial charge on any atom is 0.264 e. The number of pyridine rings is 1. The Labute approximate surface area is 209 Å². The summed E-state index contributed by atoms with van der Waals surface area (Å²) < 4.78 is 29.0. The third-order valence-electron chi connectivity index (χ3n) is 6.48. The Morgan fingerprint density at radius 2 is 1.40 bits per heavy atom. The number of nitrogens with zero attached hydrogens (tertiary/aromatic N) is 2. The van der Waals surface area contributed by atoms with Gasteiger partial charge < -0.3 is 5.73 Å². The molecule has 0 amide bonds. The van der Waals surface area contributed by atoms with Crippen LogP contribution in [0.3, 0.4) is 0 Å². The van der Waals surface area contributed by atoms with E-state index in [2.05, 4.69) is 13.0 Å². The number of aromatic nitrogens is 1. The van der Waals surface area contributed by atoms with Gasteiger partial charge in [0.1, 0.15) is 0 Å². The molecule has 4 aromatic rings. The molecule has 0 radical (unpaired) electrons. The summed E-state index contributed by atoms with van der Waals surface area (Å²) >= 11 is 0. The summed E-state index contributed by atoms with van der Waals surface area (Å²) in [7, 11) is -3.70. The zero-order chi connectivity index (χ0) is 24.8. The molecule has 184 valence electrons. The van der Waals surface area contributed by atoms with Crippen LogP contribution in [0.25, 0.3) is 21.8 Å². The number of benzene rings is 3. The van der Waals surface area contributed by atoms with Crippen molar-refractivity contribution in [3.8, 4) is 0 Å². The van der Waals surface area contributed by atoms with E-state index in [0.717, 1.165) is 46.6 Å². The zero-order valence-corrected chi connectivity index (χ0v) is 21.5. The lowest BCUT2D eigenvalue weighted by Crippen LogP contribution is -2.32. The van der Waals surface area contributed by atoms with Gasteiger partial charge in [-0.15, -0.1) is 0 Å². The van der Waals surface area contributed by atoms with E-state index >= 15 is 0 Å². The number of hydrogen-bond acceptors (Lipinski definition) is 4.